The number of aryl methyl sites for hydroxylation is 1. The van der Waals surface area contributed by atoms with Gasteiger partial charge in [0.1, 0.15) is 0 Å². The molecule has 1 heterocycles. The number of Topliss-reactive ketones (excluding diaryl/α,β-unsaturated/α-hetero) is 1. The number of hydrogen-bond donors (Lipinski definition) is 1. The van der Waals surface area contributed by atoms with E-state index < -0.39 is 10.0 Å². The van der Waals surface area contributed by atoms with E-state index in [1.165, 1.54) is 15.9 Å². The first-order valence-corrected chi connectivity index (χ1v) is 11.2. The number of carbonyl (C=O) groups is 1. The van der Waals surface area contributed by atoms with Crippen molar-refractivity contribution in [2.75, 3.05) is 19.6 Å². The van der Waals surface area contributed by atoms with Gasteiger partial charge in [-0.3, -0.25) is 4.79 Å². The van der Waals surface area contributed by atoms with E-state index in [-0.39, 0.29) is 17.2 Å². The molecule has 0 aromatic heterocycles. The Kier molecular flexibility index (Phi) is 6.65. The second kappa shape index (κ2) is 8.99. The fourth-order valence-electron chi connectivity index (χ4n) is 3.33. The zero-order valence-corrected chi connectivity index (χ0v) is 17.3. The van der Waals surface area contributed by atoms with E-state index in [1.54, 1.807) is 18.2 Å². The van der Waals surface area contributed by atoms with Crippen LogP contribution in [0.4, 0.5) is 0 Å². The van der Waals surface area contributed by atoms with Crippen LogP contribution in [0.1, 0.15) is 41.3 Å². The molecule has 28 heavy (non-hydrogen) atoms. The summed E-state index contributed by atoms with van der Waals surface area (Å²) >= 11 is 0. The zero-order valence-electron chi connectivity index (χ0n) is 16.5. The van der Waals surface area contributed by atoms with Crippen LogP contribution in [0, 0.1) is 12.8 Å². The zero-order chi connectivity index (χ0) is 20.1. The van der Waals surface area contributed by atoms with Crippen molar-refractivity contribution in [3.63, 3.8) is 0 Å². The SMILES string of the molecule is Cc1ccc(CNCC(=O)c2cccc(S(=O)(=O)N3CCC(C)CC3)c2)cc1. The number of carbonyl (C=O) groups excluding carboxylic acids is 1. The minimum Gasteiger partial charge on any atom is -0.306 e. The topological polar surface area (TPSA) is 66.5 Å². The maximum absolute atomic E-state index is 12.9. The predicted octanol–water partition coefficient (Wildman–Crippen LogP) is 3.39. The van der Waals surface area contributed by atoms with Gasteiger partial charge in [-0.15, -0.1) is 0 Å². The molecule has 0 radical (unpaired) electrons. The third-order valence-electron chi connectivity index (χ3n) is 5.27. The van der Waals surface area contributed by atoms with Gasteiger partial charge in [0, 0.05) is 25.2 Å². The molecule has 150 valence electrons. The van der Waals surface area contributed by atoms with Crippen LogP contribution < -0.4 is 5.32 Å². The number of benzene rings is 2. The van der Waals surface area contributed by atoms with Gasteiger partial charge in [0.25, 0.3) is 0 Å². The van der Waals surface area contributed by atoms with Crippen molar-refractivity contribution in [2.45, 2.75) is 38.1 Å². The van der Waals surface area contributed by atoms with E-state index in [4.69, 9.17) is 0 Å². The highest BCUT2D eigenvalue weighted by atomic mass is 32.2. The van der Waals surface area contributed by atoms with Crippen LogP contribution >= 0.6 is 0 Å². The molecule has 1 N–H and O–H groups in total. The van der Waals surface area contributed by atoms with E-state index in [1.807, 2.05) is 31.2 Å². The van der Waals surface area contributed by atoms with Gasteiger partial charge in [0.2, 0.25) is 10.0 Å². The van der Waals surface area contributed by atoms with Crippen molar-refractivity contribution in [3.05, 3.63) is 65.2 Å². The predicted molar refractivity (Wildman–Crippen MR) is 111 cm³/mol. The van der Waals surface area contributed by atoms with Gasteiger partial charge in [-0.2, -0.15) is 4.31 Å². The van der Waals surface area contributed by atoms with Gasteiger partial charge in [-0.05, 0) is 43.4 Å². The molecule has 1 fully saturated rings. The fourth-order valence-corrected chi connectivity index (χ4v) is 4.85. The van der Waals surface area contributed by atoms with Crippen LogP contribution in [-0.4, -0.2) is 38.1 Å². The van der Waals surface area contributed by atoms with E-state index in [9.17, 15) is 13.2 Å². The Morgan fingerprint density at radius 3 is 2.46 bits per heavy atom. The lowest BCUT2D eigenvalue weighted by molar-refractivity contribution is 0.0990. The number of nitrogens with zero attached hydrogens (tertiary/aromatic N) is 1. The average Bonchev–Trinajstić information content (AvgIpc) is 2.70. The van der Waals surface area contributed by atoms with E-state index in [2.05, 4.69) is 12.2 Å². The number of ketones is 1. The minimum absolute atomic E-state index is 0.114. The van der Waals surface area contributed by atoms with Gasteiger partial charge < -0.3 is 5.32 Å². The number of piperidine rings is 1. The summed E-state index contributed by atoms with van der Waals surface area (Å²) < 4.78 is 27.3. The molecule has 3 rings (SSSR count). The summed E-state index contributed by atoms with van der Waals surface area (Å²) in [6.07, 6.45) is 1.75. The van der Waals surface area contributed by atoms with Crippen LogP contribution in [0.2, 0.25) is 0 Å². The lowest BCUT2D eigenvalue weighted by Gasteiger charge is -2.29. The summed E-state index contributed by atoms with van der Waals surface area (Å²) in [5.41, 5.74) is 2.72. The lowest BCUT2D eigenvalue weighted by Crippen LogP contribution is -2.37. The first-order chi connectivity index (χ1) is 13.4. The molecule has 0 amide bonds. The first-order valence-electron chi connectivity index (χ1n) is 9.76. The van der Waals surface area contributed by atoms with E-state index in [0.717, 1.165) is 18.4 Å². The van der Waals surface area contributed by atoms with Gasteiger partial charge in [0.15, 0.2) is 5.78 Å². The lowest BCUT2D eigenvalue weighted by atomic mass is 10.0. The normalized spacial score (nSPS) is 16.2. The number of sulfonamides is 1. The third kappa shape index (κ3) is 5.07. The second-order valence-corrected chi connectivity index (χ2v) is 9.56. The Bertz CT molecular complexity index is 915. The standard InChI is InChI=1S/C22H28N2O3S/c1-17-6-8-19(9-7-17)15-23-16-22(25)20-4-3-5-21(14-20)28(26,27)24-12-10-18(2)11-13-24/h3-9,14,18,23H,10-13,15-16H2,1-2H3. The van der Waals surface area contributed by atoms with Crippen molar-refractivity contribution >= 4 is 15.8 Å². The molecule has 5 nitrogen and oxygen atoms in total. The maximum Gasteiger partial charge on any atom is 0.243 e. The fraction of sp³-hybridized carbons (Fsp3) is 0.409. The third-order valence-corrected chi connectivity index (χ3v) is 7.17. The summed E-state index contributed by atoms with van der Waals surface area (Å²) in [5, 5.41) is 3.14. The first kappa shape index (κ1) is 20.7. The molecule has 0 spiro atoms. The molecule has 0 saturated carbocycles. The highest BCUT2D eigenvalue weighted by Crippen LogP contribution is 2.24. The highest BCUT2D eigenvalue weighted by Gasteiger charge is 2.28. The molecule has 2 aromatic carbocycles. The number of hydrogen-bond acceptors (Lipinski definition) is 4. The average molecular weight is 401 g/mol. The van der Waals surface area contributed by atoms with Crippen molar-refractivity contribution in [1.82, 2.24) is 9.62 Å². The summed E-state index contributed by atoms with van der Waals surface area (Å²) in [6, 6.07) is 14.5. The van der Waals surface area contributed by atoms with Gasteiger partial charge in [-0.1, -0.05) is 48.9 Å². The molecular weight excluding hydrogens is 372 g/mol. The quantitative estimate of drug-likeness (QED) is 0.724. The number of rotatable bonds is 7. The Hall–Kier alpha value is -2.02. The van der Waals surface area contributed by atoms with Gasteiger partial charge >= 0.3 is 0 Å². The maximum atomic E-state index is 12.9. The van der Waals surface area contributed by atoms with E-state index in [0.29, 0.717) is 31.1 Å². The Morgan fingerprint density at radius 2 is 1.79 bits per heavy atom. The van der Waals surface area contributed by atoms with Crippen LogP contribution in [-0.2, 0) is 16.6 Å². The second-order valence-electron chi connectivity index (χ2n) is 7.63. The molecule has 1 saturated heterocycles. The highest BCUT2D eigenvalue weighted by molar-refractivity contribution is 7.89. The molecule has 6 heteroatoms. The summed E-state index contributed by atoms with van der Waals surface area (Å²) in [4.78, 5) is 12.7. The van der Waals surface area contributed by atoms with Crippen LogP contribution in [0.25, 0.3) is 0 Å². The van der Waals surface area contributed by atoms with Crippen molar-refractivity contribution in [2.24, 2.45) is 5.92 Å². The van der Waals surface area contributed by atoms with Crippen molar-refractivity contribution < 1.29 is 13.2 Å². The van der Waals surface area contributed by atoms with Crippen LogP contribution in [0.3, 0.4) is 0 Å². The van der Waals surface area contributed by atoms with Crippen molar-refractivity contribution in [1.29, 1.82) is 0 Å². The monoisotopic (exact) mass is 400 g/mol. The van der Waals surface area contributed by atoms with Gasteiger partial charge in [0.05, 0.1) is 11.4 Å². The molecule has 1 aliphatic rings. The smallest absolute Gasteiger partial charge is 0.243 e. The minimum atomic E-state index is -3.55. The van der Waals surface area contributed by atoms with Crippen LogP contribution in [0.5, 0.6) is 0 Å². The van der Waals surface area contributed by atoms with Gasteiger partial charge in [-0.25, -0.2) is 8.42 Å². The largest absolute Gasteiger partial charge is 0.306 e. The molecule has 0 bridgehead atoms. The summed E-state index contributed by atoms with van der Waals surface area (Å²) in [6.45, 7) is 6.02. The molecular formula is C22H28N2O3S. The molecule has 0 atom stereocenters. The summed E-state index contributed by atoms with van der Waals surface area (Å²) in [7, 11) is -3.55. The van der Waals surface area contributed by atoms with Crippen LogP contribution in [0.15, 0.2) is 53.4 Å². The Morgan fingerprint density at radius 1 is 1.11 bits per heavy atom. The van der Waals surface area contributed by atoms with Crippen molar-refractivity contribution in [3.8, 4) is 0 Å². The van der Waals surface area contributed by atoms with E-state index >= 15 is 0 Å². The Balaban J connectivity index is 1.63. The molecule has 2 aromatic rings. The Labute approximate surface area is 167 Å². The molecule has 0 unspecified atom stereocenters. The number of nitrogens with one attached hydrogen (secondary N) is 1. The molecule has 1 aliphatic heterocycles. The molecule has 0 aliphatic carbocycles. The summed E-state index contributed by atoms with van der Waals surface area (Å²) in [5.74, 6) is 0.440.